The first-order valence-corrected chi connectivity index (χ1v) is 12.4. The zero-order valence-corrected chi connectivity index (χ0v) is 20.4. The lowest BCUT2D eigenvalue weighted by Crippen LogP contribution is -2.60. The number of piperazine rings is 1. The van der Waals surface area contributed by atoms with Gasteiger partial charge in [-0.3, -0.25) is 14.4 Å². The van der Waals surface area contributed by atoms with E-state index in [1.165, 1.54) is 0 Å². The van der Waals surface area contributed by atoms with E-state index in [0.29, 0.717) is 36.1 Å². The summed E-state index contributed by atoms with van der Waals surface area (Å²) in [6, 6.07) is 11.8. The predicted molar refractivity (Wildman–Crippen MR) is 135 cm³/mol. The van der Waals surface area contributed by atoms with E-state index in [0.717, 1.165) is 48.2 Å². The maximum atomic E-state index is 12.8. The largest absolute Gasteiger partial charge is 0.346 e. The van der Waals surface area contributed by atoms with Crippen LogP contribution in [-0.2, 0) is 5.54 Å². The fourth-order valence-electron chi connectivity index (χ4n) is 5.51. The number of carbonyl (C=O) groups is 1. The Balaban J connectivity index is 1.12. The Morgan fingerprint density at radius 1 is 1.14 bits per heavy atom. The molecule has 1 saturated heterocycles. The summed E-state index contributed by atoms with van der Waals surface area (Å²) in [6.07, 6.45) is 9.35. The molecule has 1 amide bonds. The van der Waals surface area contributed by atoms with Gasteiger partial charge in [0, 0.05) is 66.2 Å². The lowest BCUT2D eigenvalue weighted by molar-refractivity contribution is -0.0158. The van der Waals surface area contributed by atoms with Gasteiger partial charge in [-0.15, -0.1) is 0 Å². The predicted octanol–water partition coefficient (Wildman–Crippen LogP) is 3.70. The number of nitrogens with one attached hydrogen (secondary N) is 1. The first kappa shape index (κ1) is 22.7. The quantitative estimate of drug-likeness (QED) is 0.447. The minimum absolute atomic E-state index is 0.0454. The lowest BCUT2D eigenvalue weighted by atomic mass is 9.70. The molecule has 182 valence electrons. The van der Waals surface area contributed by atoms with Crippen LogP contribution in [0.5, 0.6) is 0 Å². The van der Waals surface area contributed by atoms with Gasteiger partial charge >= 0.3 is 0 Å². The molecule has 1 aromatic carbocycles. The zero-order chi connectivity index (χ0) is 24.7. The van der Waals surface area contributed by atoms with Crippen LogP contribution < -0.4 is 0 Å². The first-order valence-electron chi connectivity index (χ1n) is 12.1. The number of rotatable bonds is 5. The van der Waals surface area contributed by atoms with Crippen molar-refractivity contribution in [3.05, 3.63) is 65.8 Å². The van der Waals surface area contributed by atoms with Crippen LogP contribution in [-0.4, -0.2) is 72.7 Å². The highest BCUT2D eigenvalue weighted by atomic mass is 35.5. The van der Waals surface area contributed by atoms with Crippen molar-refractivity contribution in [1.29, 1.82) is 5.26 Å². The van der Waals surface area contributed by atoms with Crippen LogP contribution >= 0.6 is 11.6 Å². The maximum absolute atomic E-state index is 12.8. The van der Waals surface area contributed by atoms with Crippen LogP contribution in [0.1, 0.15) is 29.6 Å². The summed E-state index contributed by atoms with van der Waals surface area (Å²) in [6.45, 7) is 3.03. The summed E-state index contributed by atoms with van der Waals surface area (Å²) in [4.78, 5) is 29.0. The number of aromatic nitrogens is 5. The Bertz CT molecular complexity index is 1440. The first-order chi connectivity index (χ1) is 17.6. The Hall–Kier alpha value is -3.74. The van der Waals surface area contributed by atoms with Crippen LogP contribution in [0.3, 0.4) is 0 Å². The van der Waals surface area contributed by atoms with Crippen molar-refractivity contribution in [1.82, 2.24) is 34.5 Å². The molecule has 10 heteroatoms. The third kappa shape index (κ3) is 3.92. The summed E-state index contributed by atoms with van der Waals surface area (Å²) in [7, 11) is 0. The van der Waals surface area contributed by atoms with E-state index in [2.05, 4.69) is 31.0 Å². The highest BCUT2D eigenvalue weighted by molar-refractivity contribution is 6.30. The molecule has 3 aromatic heterocycles. The fourth-order valence-corrected chi connectivity index (χ4v) is 5.63. The third-order valence-electron chi connectivity index (χ3n) is 7.54. The summed E-state index contributed by atoms with van der Waals surface area (Å²) in [5, 5.41) is 15.8. The molecular formula is C26H25ClN8O. The van der Waals surface area contributed by atoms with E-state index < -0.39 is 0 Å². The van der Waals surface area contributed by atoms with Gasteiger partial charge in [0.25, 0.3) is 5.91 Å². The van der Waals surface area contributed by atoms with E-state index in [1.807, 2.05) is 34.2 Å². The Labute approximate surface area is 213 Å². The van der Waals surface area contributed by atoms with E-state index in [9.17, 15) is 10.1 Å². The summed E-state index contributed by atoms with van der Waals surface area (Å²) < 4.78 is 1.96. The number of H-pyrrole nitrogens is 1. The summed E-state index contributed by atoms with van der Waals surface area (Å²) >= 11 is 5.95. The molecule has 0 atom stereocenters. The molecule has 2 aliphatic rings. The number of aromatic amines is 1. The van der Waals surface area contributed by atoms with Crippen molar-refractivity contribution in [3.8, 4) is 17.3 Å². The number of nitriles is 1. The van der Waals surface area contributed by atoms with Gasteiger partial charge in [0.05, 0.1) is 29.9 Å². The van der Waals surface area contributed by atoms with Crippen LogP contribution in [0.15, 0.2) is 55.2 Å². The van der Waals surface area contributed by atoms with Gasteiger partial charge in [0.2, 0.25) is 0 Å². The lowest BCUT2D eigenvalue weighted by Gasteiger charge is -2.52. The van der Waals surface area contributed by atoms with Crippen molar-refractivity contribution in [2.45, 2.75) is 30.8 Å². The van der Waals surface area contributed by atoms with Crippen LogP contribution in [0, 0.1) is 11.3 Å². The molecule has 1 N–H and O–H groups in total. The molecule has 1 saturated carbocycles. The maximum Gasteiger partial charge on any atom is 0.253 e. The number of fused-ring (bicyclic) bond motifs is 1. The Morgan fingerprint density at radius 2 is 1.92 bits per heavy atom. The Morgan fingerprint density at radius 3 is 2.67 bits per heavy atom. The number of amides is 1. The van der Waals surface area contributed by atoms with Gasteiger partial charge in [-0.05, 0) is 43.2 Å². The molecule has 0 radical (unpaired) electrons. The van der Waals surface area contributed by atoms with Gasteiger partial charge < -0.3 is 9.88 Å². The average Bonchev–Trinajstić information content (AvgIpc) is 3.56. The smallest absolute Gasteiger partial charge is 0.253 e. The van der Waals surface area contributed by atoms with E-state index in [1.54, 1.807) is 30.6 Å². The molecule has 0 spiro atoms. The van der Waals surface area contributed by atoms with Gasteiger partial charge in [-0.2, -0.15) is 10.4 Å². The van der Waals surface area contributed by atoms with Gasteiger partial charge in [0.1, 0.15) is 12.0 Å². The number of hydrogen-bond donors (Lipinski definition) is 1. The third-order valence-corrected chi connectivity index (χ3v) is 7.80. The monoisotopic (exact) mass is 500 g/mol. The van der Waals surface area contributed by atoms with E-state index >= 15 is 0 Å². The minimum Gasteiger partial charge on any atom is -0.346 e. The van der Waals surface area contributed by atoms with Crippen molar-refractivity contribution in [2.75, 3.05) is 26.2 Å². The highest BCUT2D eigenvalue weighted by Crippen LogP contribution is 2.45. The number of nitrogens with zero attached hydrogens (tertiary/aromatic N) is 7. The van der Waals surface area contributed by atoms with Gasteiger partial charge in [-0.1, -0.05) is 11.6 Å². The van der Waals surface area contributed by atoms with Crippen molar-refractivity contribution < 1.29 is 4.79 Å². The highest BCUT2D eigenvalue weighted by Gasteiger charge is 2.49. The van der Waals surface area contributed by atoms with Crippen molar-refractivity contribution in [2.24, 2.45) is 0 Å². The molecular weight excluding hydrogens is 476 g/mol. The van der Waals surface area contributed by atoms with Crippen molar-refractivity contribution >= 4 is 28.5 Å². The SMILES string of the molecule is N#CC[C@]1(n2cc(-c3ncnc4[nH]ccc34)cn2)C[C@@H](N2CCN(C(=O)c3ccc(Cl)cc3)CC2)C1. The zero-order valence-electron chi connectivity index (χ0n) is 19.6. The topological polar surface area (TPSA) is 107 Å². The summed E-state index contributed by atoms with van der Waals surface area (Å²) in [5.74, 6) is 0.0454. The standard InChI is InChI=1S/C26H25ClN8O/c27-20-3-1-18(2-4-20)25(36)34-11-9-33(10-12-34)21-13-26(14-21,6-7-28)35-16-19(15-32-35)23-22-5-8-29-24(22)31-17-30-23/h1-5,8,15-17,21H,6,9-14H2,(H,29,30,31)/t21-,26+. The Kier molecular flexibility index (Phi) is 5.70. The number of hydrogen-bond acceptors (Lipinski definition) is 6. The van der Waals surface area contributed by atoms with Gasteiger partial charge in [0.15, 0.2) is 0 Å². The number of carbonyl (C=O) groups excluding carboxylic acids is 1. The van der Waals surface area contributed by atoms with Crippen molar-refractivity contribution in [3.63, 3.8) is 0 Å². The summed E-state index contributed by atoms with van der Waals surface area (Å²) in [5.41, 5.74) is 2.88. The van der Waals surface area contributed by atoms with Crippen LogP contribution in [0.25, 0.3) is 22.3 Å². The number of halogens is 1. The molecule has 4 heterocycles. The second-order valence-corrected chi connectivity index (χ2v) is 10.0. The molecule has 0 unspecified atom stereocenters. The normalized spacial score (nSPS) is 22.3. The van der Waals surface area contributed by atoms with E-state index in [-0.39, 0.29) is 11.4 Å². The molecule has 0 bridgehead atoms. The molecule has 9 nitrogen and oxygen atoms in total. The van der Waals surface area contributed by atoms with Crippen LogP contribution in [0.4, 0.5) is 0 Å². The second-order valence-electron chi connectivity index (χ2n) is 9.59. The molecule has 2 fully saturated rings. The fraction of sp³-hybridized carbons (Fsp3) is 0.346. The number of benzene rings is 1. The second kappa shape index (κ2) is 9.04. The molecule has 4 aromatic rings. The average molecular weight is 501 g/mol. The molecule has 6 rings (SSSR count). The molecule has 36 heavy (non-hydrogen) atoms. The van der Waals surface area contributed by atoms with Crippen LogP contribution in [0.2, 0.25) is 5.02 Å². The minimum atomic E-state index is -0.321. The van der Waals surface area contributed by atoms with Gasteiger partial charge in [-0.25, -0.2) is 9.97 Å². The van der Waals surface area contributed by atoms with E-state index in [4.69, 9.17) is 11.6 Å². The molecule has 1 aliphatic carbocycles. The molecule has 1 aliphatic heterocycles.